The average molecular weight is 492 g/mol. The number of piperidine rings is 2. The molecule has 192 valence electrons. The number of carbonyl (C=O) groups excluding carboxylic acids is 3. The van der Waals surface area contributed by atoms with Gasteiger partial charge in [-0.05, 0) is 74.3 Å². The van der Waals surface area contributed by atoms with Crippen LogP contribution in [0.4, 0.5) is 0 Å². The molecule has 1 unspecified atom stereocenters. The van der Waals surface area contributed by atoms with Crippen LogP contribution in [-0.4, -0.2) is 66.9 Å². The SMILES string of the molecule is COc1ccc(C(=O)NC(C(=O)N2CCCCC2)C2CCN(C(=O)CCc3ccccc3)CC2)cc1. The van der Waals surface area contributed by atoms with Crippen LogP contribution in [0.2, 0.25) is 0 Å². The van der Waals surface area contributed by atoms with Crippen LogP contribution in [0.5, 0.6) is 5.75 Å². The zero-order chi connectivity index (χ0) is 25.3. The van der Waals surface area contributed by atoms with Crippen LogP contribution >= 0.6 is 0 Å². The molecule has 2 aliphatic rings. The lowest BCUT2D eigenvalue weighted by Gasteiger charge is -2.38. The van der Waals surface area contributed by atoms with E-state index in [1.807, 2.05) is 40.1 Å². The number of ether oxygens (including phenoxy) is 1. The minimum absolute atomic E-state index is 0.000187. The van der Waals surface area contributed by atoms with E-state index < -0.39 is 6.04 Å². The number of nitrogens with one attached hydrogen (secondary N) is 1. The van der Waals surface area contributed by atoms with Gasteiger partial charge in [0.1, 0.15) is 11.8 Å². The number of hydrogen-bond acceptors (Lipinski definition) is 4. The van der Waals surface area contributed by atoms with Crippen molar-refractivity contribution in [3.05, 3.63) is 65.7 Å². The molecule has 1 N–H and O–H groups in total. The topological polar surface area (TPSA) is 79.0 Å². The number of nitrogens with zero attached hydrogens (tertiary/aromatic N) is 2. The first-order valence-corrected chi connectivity index (χ1v) is 13.1. The predicted octanol–water partition coefficient (Wildman–Crippen LogP) is 3.68. The number of methoxy groups -OCH3 is 1. The average Bonchev–Trinajstić information content (AvgIpc) is 2.95. The molecule has 0 aromatic heterocycles. The molecule has 0 saturated carbocycles. The number of hydrogen-bond donors (Lipinski definition) is 1. The Labute approximate surface area is 213 Å². The van der Waals surface area contributed by atoms with Crippen molar-refractivity contribution in [2.24, 2.45) is 5.92 Å². The third-order valence-electron chi connectivity index (χ3n) is 7.41. The summed E-state index contributed by atoms with van der Waals surface area (Å²) >= 11 is 0. The molecule has 2 aromatic rings. The van der Waals surface area contributed by atoms with E-state index in [0.717, 1.165) is 44.3 Å². The van der Waals surface area contributed by atoms with E-state index in [9.17, 15) is 14.4 Å². The van der Waals surface area contributed by atoms with Gasteiger partial charge < -0.3 is 19.9 Å². The molecule has 0 spiro atoms. The summed E-state index contributed by atoms with van der Waals surface area (Å²) in [5, 5.41) is 3.05. The fourth-order valence-electron chi connectivity index (χ4n) is 5.20. The van der Waals surface area contributed by atoms with Crippen LogP contribution in [0.25, 0.3) is 0 Å². The van der Waals surface area contributed by atoms with Gasteiger partial charge in [-0.3, -0.25) is 14.4 Å². The van der Waals surface area contributed by atoms with Crippen molar-refractivity contribution in [2.45, 2.75) is 51.0 Å². The van der Waals surface area contributed by atoms with Gasteiger partial charge in [-0.25, -0.2) is 0 Å². The summed E-state index contributed by atoms with van der Waals surface area (Å²) < 4.78 is 5.19. The smallest absolute Gasteiger partial charge is 0.251 e. The third kappa shape index (κ3) is 6.65. The van der Waals surface area contributed by atoms with Gasteiger partial charge >= 0.3 is 0 Å². The van der Waals surface area contributed by atoms with Gasteiger partial charge in [0.05, 0.1) is 7.11 Å². The number of benzene rings is 2. The summed E-state index contributed by atoms with van der Waals surface area (Å²) in [5.41, 5.74) is 1.66. The second kappa shape index (κ2) is 12.6. The Balaban J connectivity index is 1.38. The molecule has 2 aromatic carbocycles. The van der Waals surface area contributed by atoms with Gasteiger partial charge in [-0.1, -0.05) is 30.3 Å². The third-order valence-corrected chi connectivity index (χ3v) is 7.41. The Morgan fingerprint density at radius 1 is 0.889 bits per heavy atom. The highest BCUT2D eigenvalue weighted by Crippen LogP contribution is 2.25. The van der Waals surface area contributed by atoms with Gasteiger partial charge in [0.15, 0.2) is 0 Å². The molecular weight excluding hydrogens is 454 g/mol. The first-order chi connectivity index (χ1) is 17.5. The maximum Gasteiger partial charge on any atom is 0.251 e. The van der Waals surface area contributed by atoms with Crippen molar-refractivity contribution in [3.63, 3.8) is 0 Å². The molecule has 2 aliphatic heterocycles. The fourth-order valence-corrected chi connectivity index (χ4v) is 5.20. The summed E-state index contributed by atoms with van der Waals surface area (Å²) in [6.07, 6.45) is 5.75. The molecule has 1 atom stereocenters. The van der Waals surface area contributed by atoms with Gasteiger partial charge in [-0.15, -0.1) is 0 Å². The highest BCUT2D eigenvalue weighted by atomic mass is 16.5. The molecular formula is C29H37N3O4. The van der Waals surface area contributed by atoms with Gasteiger partial charge in [0.2, 0.25) is 11.8 Å². The molecule has 7 heteroatoms. The highest BCUT2D eigenvalue weighted by Gasteiger charge is 2.36. The zero-order valence-corrected chi connectivity index (χ0v) is 21.2. The summed E-state index contributed by atoms with van der Waals surface area (Å²) in [7, 11) is 1.58. The minimum Gasteiger partial charge on any atom is -0.497 e. The highest BCUT2D eigenvalue weighted by molar-refractivity contribution is 5.97. The van der Waals surface area contributed by atoms with Crippen LogP contribution in [0.3, 0.4) is 0 Å². The van der Waals surface area contributed by atoms with E-state index in [2.05, 4.69) is 5.32 Å². The minimum atomic E-state index is -0.584. The molecule has 2 fully saturated rings. The number of amides is 3. The van der Waals surface area contributed by atoms with Crippen LogP contribution in [0, 0.1) is 5.92 Å². The second-order valence-electron chi connectivity index (χ2n) is 9.77. The fraction of sp³-hybridized carbons (Fsp3) is 0.483. The van der Waals surface area contributed by atoms with Gasteiger partial charge in [-0.2, -0.15) is 0 Å². The predicted molar refractivity (Wildman–Crippen MR) is 139 cm³/mol. The zero-order valence-electron chi connectivity index (χ0n) is 21.2. The van der Waals surface area contributed by atoms with Crippen molar-refractivity contribution in [1.82, 2.24) is 15.1 Å². The first kappa shape index (κ1) is 25.7. The number of likely N-dealkylation sites (tertiary alicyclic amines) is 2. The monoisotopic (exact) mass is 491 g/mol. The van der Waals surface area contributed by atoms with Crippen molar-refractivity contribution >= 4 is 17.7 Å². The van der Waals surface area contributed by atoms with E-state index in [0.29, 0.717) is 43.7 Å². The first-order valence-electron chi connectivity index (χ1n) is 13.1. The lowest BCUT2D eigenvalue weighted by molar-refractivity contribution is -0.137. The van der Waals surface area contributed by atoms with Crippen LogP contribution in [0.15, 0.2) is 54.6 Å². The van der Waals surface area contributed by atoms with Gasteiger partial charge in [0, 0.05) is 38.2 Å². The van der Waals surface area contributed by atoms with E-state index >= 15 is 0 Å². The standard InChI is InChI=1S/C29H37N3O4/c1-36-25-13-11-24(12-14-25)28(34)30-27(29(35)32-18-6-3-7-19-32)23-16-20-31(21-17-23)26(33)15-10-22-8-4-2-5-9-22/h2,4-5,8-9,11-14,23,27H,3,6-7,10,15-21H2,1H3,(H,30,34). The lowest BCUT2D eigenvalue weighted by Crippen LogP contribution is -2.55. The van der Waals surface area contributed by atoms with Crippen LogP contribution in [-0.2, 0) is 16.0 Å². The Kier molecular flexibility index (Phi) is 8.98. The molecule has 2 heterocycles. The molecule has 3 amide bonds. The maximum absolute atomic E-state index is 13.6. The second-order valence-corrected chi connectivity index (χ2v) is 9.77. The number of aryl methyl sites for hydroxylation is 1. The Bertz CT molecular complexity index is 1010. The normalized spacial score (nSPS) is 17.4. The summed E-state index contributed by atoms with van der Waals surface area (Å²) in [4.78, 5) is 43.3. The molecule has 7 nitrogen and oxygen atoms in total. The van der Waals surface area contributed by atoms with E-state index in [4.69, 9.17) is 4.74 Å². The summed E-state index contributed by atoms with van der Waals surface area (Å²) in [5.74, 6) is 0.579. The summed E-state index contributed by atoms with van der Waals surface area (Å²) in [6.45, 7) is 2.70. The van der Waals surface area contributed by atoms with Gasteiger partial charge in [0.25, 0.3) is 5.91 Å². The molecule has 0 bridgehead atoms. The van der Waals surface area contributed by atoms with E-state index in [-0.39, 0.29) is 23.6 Å². The maximum atomic E-state index is 13.6. The van der Waals surface area contributed by atoms with Crippen molar-refractivity contribution in [2.75, 3.05) is 33.3 Å². The van der Waals surface area contributed by atoms with Crippen molar-refractivity contribution < 1.29 is 19.1 Å². The van der Waals surface area contributed by atoms with Crippen LogP contribution in [0.1, 0.15) is 54.4 Å². The largest absolute Gasteiger partial charge is 0.497 e. The van der Waals surface area contributed by atoms with Crippen LogP contribution < -0.4 is 10.1 Å². The van der Waals surface area contributed by atoms with Crippen molar-refractivity contribution in [3.8, 4) is 5.75 Å². The molecule has 0 aliphatic carbocycles. The number of carbonyl (C=O) groups is 3. The molecule has 0 radical (unpaired) electrons. The molecule has 2 saturated heterocycles. The van der Waals surface area contributed by atoms with Crippen molar-refractivity contribution in [1.29, 1.82) is 0 Å². The number of rotatable bonds is 8. The Hall–Kier alpha value is -3.35. The Morgan fingerprint density at radius 3 is 2.19 bits per heavy atom. The lowest BCUT2D eigenvalue weighted by atomic mass is 9.87. The Morgan fingerprint density at radius 2 is 1.56 bits per heavy atom. The quantitative estimate of drug-likeness (QED) is 0.611. The van der Waals surface area contributed by atoms with E-state index in [1.54, 1.807) is 31.4 Å². The molecule has 36 heavy (non-hydrogen) atoms. The van der Waals surface area contributed by atoms with E-state index in [1.165, 1.54) is 0 Å². The molecule has 4 rings (SSSR count). The summed E-state index contributed by atoms with van der Waals surface area (Å²) in [6, 6.07) is 16.4.